The van der Waals surface area contributed by atoms with Crippen LogP contribution in [0.5, 0.6) is 0 Å². The minimum Gasteiger partial charge on any atom is -0.338 e. The zero-order valence-corrected chi connectivity index (χ0v) is 10.9. The average molecular weight is 238 g/mol. The second kappa shape index (κ2) is 4.74. The molecular weight excluding hydrogens is 216 g/mol. The molecule has 1 aliphatic heterocycles. The summed E-state index contributed by atoms with van der Waals surface area (Å²) < 4.78 is 5.26. The van der Waals surface area contributed by atoms with Crippen molar-refractivity contribution >= 4 is 0 Å². The molecule has 1 unspecified atom stereocenters. The van der Waals surface area contributed by atoms with E-state index in [0.29, 0.717) is 17.8 Å². The van der Waals surface area contributed by atoms with E-state index in [-0.39, 0.29) is 0 Å². The number of nitrogens with zero attached hydrogens (tertiary/aromatic N) is 3. The maximum Gasteiger partial charge on any atom is 0.240 e. The first-order chi connectivity index (χ1) is 8.00. The number of likely N-dealkylation sites (tertiary alicyclic amines) is 1. The van der Waals surface area contributed by atoms with Gasteiger partial charge in [0.15, 0.2) is 5.82 Å². The number of aromatic nitrogens is 2. The maximum absolute atomic E-state index is 5.93. The van der Waals surface area contributed by atoms with Gasteiger partial charge >= 0.3 is 0 Å². The topological polar surface area (TPSA) is 68.2 Å². The SMILES string of the molecule is CCC1CCCN1Cc1nc(C(C)(C)N)no1. The third-order valence-corrected chi connectivity index (χ3v) is 3.35. The Morgan fingerprint density at radius 2 is 2.29 bits per heavy atom. The standard InChI is InChI=1S/C12H22N4O/c1-4-9-6-5-7-16(9)8-10-14-11(15-17-10)12(2,3)13/h9H,4-8,13H2,1-3H3. The van der Waals surface area contributed by atoms with Crippen molar-refractivity contribution in [2.24, 2.45) is 5.73 Å². The second-order valence-corrected chi connectivity index (χ2v) is 5.41. The molecule has 0 amide bonds. The molecular formula is C12H22N4O. The zero-order valence-electron chi connectivity index (χ0n) is 10.9. The molecule has 0 bridgehead atoms. The highest BCUT2D eigenvalue weighted by atomic mass is 16.5. The summed E-state index contributed by atoms with van der Waals surface area (Å²) in [7, 11) is 0. The normalized spacial score (nSPS) is 22.2. The van der Waals surface area contributed by atoms with Crippen LogP contribution in [-0.2, 0) is 12.1 Å². The Morgan fingerprint density at radius 1 is 1.53 bits per heavy atom. The fourth-order valence-electron chi connectivity index (χ4n) is 2.32. The zero-order chi connectivity index (χ0) is 12.5. The number of nitrogens with two attached hydrogens (primary N) is 1. The third kappa shape index (κ3) is 2.84. The fraction of sp³-hybridized carbons (Fsp3) is 0.833. The summed E-state index contributed by atoms with van der Waals surface area (Å²) in [5.74, 6) is 1.26. The van der Waals surface area contributed by atoms with Crippen molar-refractivity contribution in [1.29, 1.82) is 0 Å². The van der Waals surface area contributed by atoms with Gasteiger partial charge < -0.3 is 10.3 Å². The van der Waals surface area contributed by atoms with E-state index in [1.807, 2.05) is 13.8 Å². The Labute approximate surface area is 102 Å². The van der Waals surface area contributed by atoms with E-state index >= 15 is 0 Å². The molecule has 17 heavy (non-hydrogen) atoms. The van der Waals surface area contributed by atoms with Gasteiger partial charge in [0, 0.05) is 6.04 Å². The van der Waals surface area contributed by atoms with E-state index in [9.17, 15) is 0 Å². The van der Waals surface area contributed by atoms with Gasteiger partial charge in [-0.3, -0.25) is 4.90 Å². The van der Waals surface area contributed by atoms with Crippen molar-refractivity contribution in [3.8, 4) is 0 Å². The molecule has 5 nitrogen and oxygen atoms in total. The van der Waals surface area contributed by atoms with Crippen molar-refractivity contribution in [3.63, 3.8) is 0 Å². The van der Waals surface area contributed by atoms with Crippen LogP contribution < -0.4 is 5.73 Å². The van der Waals surface area contributed by atoms with Crippen molar-refractivity contribution in [2.45, 2.75) is 58.2 Å². The Kier molecular flexibility index (Phi) is 3.49. The van der Waals surface area contributed by atoms with Gasteiger partial charge in [0.2, 0.25) is 5.89 Å². The molecule has 96 valence electrons. The molecule has 2 heterocycles. The smallest absolute Gasteiger partial charge is 0.240 e. The van der Waals surface area contributed by atoms with E-state index in [1.165, 1.54) is 19.3 Å². The largest absolute Gasteiger partial charge is 0.338 e. The van der Waals surface area contributed by atoms with Crippen molar-refractivity contribution in [3.05, 3.63) is 11.7 Å². The van der Waals surface area contributed by atoms with E-state index in [2.05, 4.69) is 22.0 Å². The van der Waals surface area contributed by atoms with Crippen LogP contribution >= 0.6 is 0 Å². The third-order valence-electron chi connectivity index (χ3n) is 3.35. The summed E-state index contributed by atoms with van der Waals surface area (Å²) in [6.07, 6.45) is 3.73. The first-order valence-electron chi connectivity index (χ1n) is 6.36. The predicted octanol–water partition coefficient (Wildman–Crippen LogP) is 1.64. The van der Waals surface area contributed by atoms with Crippen LogP contribution in [0.1, 0.15) is 51.7 Å². The molecule has 1 fully saturated rings. The summed E-state index contributed by atoms with van der Waals surface area (Å²) in [5, 5.41) is 3.94. The molecule has 1 aliphatic rings. The highest BCUT2D eigenvalue weighted by molar-refractivity contribution is 4.99. The van der Waals surface area contributed by atoms with E-state index in [0.717, 1.165) is 13.1 Å². The van der Waals surface area contributed by atoms with Gasteiger partial charge in [-0.2, -0.15) is 4.98 Å². The molecule has 2 N–H and O–H groups in total. The highest BCUT2D eigenvalue weighted by Gasteiger charge is 2.26. The van der Waals surface area contributed by atoms with Crippen molar-refractivity contribution < 1.29 is 4.52 Å². The number of hydrogen-bond acceptors (Lipinski definition) is 5. The first kappa shape index (κ1) is 12.5. The lowest BCUT2D eigenvalue weighted by molar-refractivity contribution is 0.206. The lowest BCUT2D eigenvalue weighted by Gasteiger charge is -2.20. The molecule has 1 saturated heterocycles. The monoisotopic (exact) mass is 238 g/mol. The van der Waals surface area contributed by atoms with Crippen LogP contribution in [0.4, 0.5) is 0 Å². The minimum absolute atomic E-state index is 0.531. The van der Waals surface area contributed by atoms with E-state index in [1.54, 1.807) is 0 Å². The van der Waals surface area contributed by atoms with Crippen LogP contribution in [-0.4, -0.2) is 27.6 Å². The predicted molar refractivity (Wildman–Crippen MR) is 65.2 cm³/mol. The van der Waals surface area contributed by atoms with Crippen molar-refractivity contribution in [1.82, 2.24) is 15.0 Å². The lowest BCUT2D eigenvalue weighted by Crippen LogP contribution is -2.30. The van der Waals surface area contributed by atoms with Crippen molar-refractivity contribution in [2.75, 3.05) is 6.54 Å². The van der Waals surface area contributed by atoms with Gasteiger partial charge in [-0.25, -0.2) is 0 Å². The Bertz CT molecular complexity index is 369. The van der Waals surface area contributed by atoms with Crippen LogP contribution in [0.2, 0.25) is 0 Å². The summed E-state index contributed by atoms with van der Waals surface area (Å²) in [6.45, 7) is 7.87. The van der Waals surface area contributed by atoms with Gasteiger partial charge in [0.05, 0.1) is 12.1 Å². The summed E-state index contributed by atoms with van der Waals surface area (Å²) in [5.41, 5.74) is 5.40. The highest BCUT2D eigenvalue weighted by Crippen LogP contribution is 2.22. The molecule has 5 heteroatoms. The summed E-state index contributed by atoms with van der Waals surface area (Å²) in [6, 6.07) is 0.663. The van der Waals surface area contributed by atoms with Gasteiger partial charge in [-0.05, 0) is 39.7 Å². The van der Waals surface area contributed by atoms with Crippen LogP contribution in [0.15, 0.2) is 4.52 Å². The van der Waals surface area contributed by atoms with Gasteiger partial charge in [-0.1, -0.05) is 12.1 Å². The van der Waals surface area contributed by atoms with Gasteiger partial charge in [-0.15, -0.1) is 0 Å². The maximum atomic E-state index is 5.93. The van der Waals surface area contributed by atoms with E-state index in [4.69, 9.17) is 10.3 Å². The molecule has 0 aromatic carbocycles. The molecule has 1 atom stereocenters. The van der Waals surface area contributed by atoms with Crippen LogP contribution in [0, 0.1) is 0 Å². The number of rotatable bonds is 4. The summed E-state index contributed by atoms with van der Waals surface area (Å²) >= 11 is 0. The quantitative estimate of drug-likeness (QED) is 0.863. The Morgan fingerprint density at radius 3 is 2.88 bits per heavy atom. The van der Waals surface area contributed by atoms with Crippen LogP contribution in [0.3, 0.4) is 0 Å². The second-order valence-electron chi connectivity index (χ2n) is 5.41. The minimum atomic E-state index is -0.531. The molecule has 0 spiro atoms. The van der Waals surface area contributed by atoms with Crippen LogP contribution in [0.25, 0.3) is 0 Å². The molecule has 0 aliphatic carbocycles. The lowest BCUT2D eigenvalue weighted by atomic mass is 10.1. The Hall–Kier alpha value is -0.940. The molecule has 0 radical (unpaired) electrons. The molecule has 1 aromatic heterocycles. The first-order valence-corrected chi connectivity index (χ1v) is 6.36. The average Bonchev–Trinajstić information content (AvgIpc) is 2.86. The van der Waals surface area contributed by atoms with Gasteiger partial charge in [0.25, 0.3) is 0 Å². The van der Waals surface area contributed by atoms with Gasteiger partial charge in [0.1, 0.15) is 0 Å². The molecule has 2 rings (SSSR count). The number of hydrogen-bond donors (Lipinski definition) is 1. The Balaban J connectivity index is 2.02. The van der Waals surface area contributed by atoms with E-state index < -0.39 is 5.54 Å². The molecule has 0 saturated carbocycles. The molecule has 1 aromatic rings. The summed E-state index contributed by atoms with van der Waals surface area (Å²) in [4.78, 5) is 6.79. The fourth-order valence-corrected chi connectivity index (χ4v) is 2.32.